The SMILES string of the molecule is CCOC(=O)[C@@H]1CCCN(C(=O)c2cnn(-c3ccc(Br)cc3)c2C)C1. The summed E-state index contributed by atoms with van der Waals surface area (Å²) in [6.07, 6.45) is 3.17. The van der Waals surface area contributed by atoms with E-state index >= 15 is 0 Å². The first kappa shape index (κ1) is 18.6. The molecule has 1 amide bonds. The van der Waals surface area contributed by atoms with Crippen molar-refractivity contribution in [2.45, 2.75) is 26.7 Å². The molecule has 0 spiro atoms. The topological polar surface area (TPSA) is 64.4 Å². The average Bonchev–Trinajstić information content (AvgIpc) is 3.03. The number of amides is 1. The summed E-state index contributed by atoms with van der Waals surface area (Å²) in [6.45, 7) is 5.10. The average molecular weight is 420 g/mol. The zero-order valence-corrected chi connectivity index (χ0v) is 16.5. The standard InChI is InChI=1S/C19H22BrN3O3/c1-3-26-19(25)14-5-4-10-22(12-14)18(24)17-11-21-23(13(17)2)16-8-6-15(20)7-9-16/h6-9,11,14H,3-5,10,12H2,1-2H3/t14-/m1/s1. The number of carbonyl (C=O) groups excluding carboxylic acids is 2. The van der Waals surface area contributed by atoms with Crippen molar-refractivity contribution in [1.82, 2.24) is 14.7 Å². The number of carbonyl (C=O) groups is 2. The second-order valence-electron chi connectivity index (χ2n) is 6.37. The molecule has 0 saturated carbocycles. The maximum Gasteiger partial charge on any atom is 0.310 e. The highest BCUT2D eigenvalue weighted by molar-refractivity contribution is 9.10. The normalized spacial score (nSPS) is 17.2. The van der Waals surface area contributed by atoms with E-state index in [2.05, 4.69) is 21.0 Å². The molecule has 1 aliphatic heterocycles. The number of benzene rings is 1. The maximum atomic E-state index is 13.0. The monoisotopic (exact) mass is 419 g/mol. The number of esters is 1. The lowest BCUT2D eigenvalue weighted by Crippen LogP contribution is -2.43. The minimum absolute atomic E-state index is 0.0835. The number of hydrogen-bond donors (Lipinski definition) is 0. The number of ether oxygens (including phenoxy) is 1. The largest absolute Gasteiger partial charge is 0.466 e. The fourth-order valence-corrected chi connectivity index (χ4v) is 3.51. The van der Waals surface area contributed by atoms with Crippen LogP contribution in [0.25, 0.3) is 5.69 Å². The molecule has 1 saturated heterocycles. The van der Waals surface area contributed by atoms with E-state index < -0.39 is 0 Å². The molecule has 1 fully saturated rings. The summed E-state index contributed by atoms with van der Waals surface area (Å²) in [6, 6.07) is 7.76. The molecule has 2 aromatic rings. The van der Waals surface area contributed by atoms with Crippen LogP contribution in [0.3, 0.4) is 0 Å². The van der Waals surface area contributed by atoms with Crippen LogP contribution in [0.15, 0.2) is 34.9 Å². The van der Waals surface area contributed by atoms with Gasteiger partial charge in [0.15, 0.2) is 0 Å². The highest BCUT2D eigenvalue weighted by Crippen LogP contribution is 2.22. The molecule has 7 heteroatoms. The number of likely N-dealkylation sites (tertiary alicyclic amines) is 1. The van der Waals surface area contributed by atoms with Gasteiger partial charge in [-0.05, 0) is 51.0 Å². The van der Waals surface area contributed by atoms with Gasteiger partial charge in [0.25, 0.3) is 5.91 Å². The van der Waals surface area contributed by atoms with Crippen LogP contribution in [0.2, 0.25) is 0 Å². The molecule has 26 heavy (non-hydrogen) atoms. The number of nitrogens with zero attached hydrogens (tertiary/aromatic N) is 3. The van der Waals surface area contributed by atoms with Gasteiger partial charge in [0.05, 0.1) is 35.7 Å². The van der Waals surface area contributed by atoms with Crippen molar-refractivity contribution in [2.24, 2.45) is 5.92 Å². The van der Waals surface area contributed by atoms with E-state index in [1.54, 1.807) is 22.7 Å². The predicted molar refractivity (Wildman–Crippen MR) is 101 cm³/mol. The highest BCUT2D eigenvalue weighted by atomic mass is 79.9. The number of halogens is 1. The van der Waals surface area contributed by atoms with E-state index in [4.69, 9.17) is 4.74 Å². The third kappa shape index (κ3) is 3.82. The molecule has 1 atom stereocenters. The van der Waals surface area contributed by atoms with Gasteiger partial charge in [-0.15, -0.1) is 0 Å². The van der Waals surface area contributed by atoms with Crippen molar-refractivity contribution in [3.63, 3.8) is 0 Å². The van der Waals surface area contributed by atoms with E-state index in [1.807, 2.05) is 31.2 Å². The Kier molecular flexibility index (Phi) is 5.76. The fourth-order valence-electron chi connectivity index (χ4n) is 3.25. The molecular formula is C19H22BrN3O3. The quantitative estimate of drug-likeness (QED) is 0.712. The lowest BCUT2D eigenvalue weighted by atomic mass is 9.97. The van der Waals surface area contributed by atoms with E-state index in [0.717, 1.165) is 28.7 Å². The van der Waals surface area contributed by atoms with Gasteiger partial charge >= 0.3 is 5.97 Å². The lowest BCUT2D eigenvalue weighted by Gasteiger charge is -2.31. The van der Waals surface area contributed by atoms with Gasteiger partial charge < -0.3 is 9.64 Å². The van der Waals surface area contributed by atoms with Crippen molar-refractivity contribution in [3.8, 4) is 5.69 Å². The summed E-state index contributed by atoms with van der Waals surface area (Å²) in [7, 11) is 0. The molecule has 6 nitrogen and oxygen atoms in total. The molecule has 1 aromatic carbocycles. The number of piperidine rings is 1. The third-order valence-electron chi connectivity index (χ3n) is 4.64. The van der Waals surface area contributed by atoms with Gasteiger partial charge in [-0.1, -0.05) is 15.9 Å². The van der Waals surface area contributed by atoms with Crippen molar-refractivity contribution >= 4 is 27.8 Å². The summed E-state index contributed by atoms with van der Waals surface area (Å²) in [5.41, 5.74) is 2.25. The summed E-state index contributed by atoms with van der Waals surface area (Å²) < 4.78 is 7.86. The Hall–Kier alpha value is -2.15. The highest BCUT2D eigenvalue weighted by Gasteiger charge is 2.31. The van der Waals surface area contributed by atoms with Crippen LogP contribution in [0, 0.1) is 12.8 Å². The zero-order valence-electron chi connectivity index (χ0n) is 14.9. The molecule has 2 heterocycles. The van der Waals surface area contributed by atoms with Crippen LogP contribution in [0.4, 0.5) is 0 Å². The molecule has 0 aliphatic carbocycles. The summed E-state index contributed by atoms with van der Waals surface area (Å²) in [5, 5.41) is 4.38. The van der Waals surface area contributed by atoms with Gasteiger partial charge in [-0.3, -0.25) is 9.59 Å². The molecule has 1 aliphatic rings. The van der Waals surface area contributed by atoms with Gasteiger partial charge in [-0.25, -0.2) is 4.68 Å². The van der Waals surface area contributed by atoms with Crippen LogP contribution in [-0.4, -0.2) is 46.3 Å². The van der Waals surface area contributed by atoms with Gasteiger partial charge in [0, 0.05) is 17.6 Å². The first-order chi connectivity index (χ1) is 12.5. The molecule has 0 radical (unpaired) electrons. The summed E-state index contributed by atoms with van der Waals surface area (Å²) >= 11 is 3.42. The van der Waals surface area contributed by atoms with Gasteiger partial charge in [0.1, 0.15) is 0 Å². The Bertz CT molecular complexity index is 801. The molecule has 0 unspecified atom stereocenters. The molecule has 138 valence electrons. The van der Waals surface area contributed by atoms with E-state index in [0.29, 0.717) is 25.3 Å². The number of aromatic nitrogens is 2. The van der Waals surface area contributed by atoms with E-state index in [-0.39, 0.29) is 17.8 Å². The second kappa shape index (κ2) is 8.03. The number of hydrogen-bond acceptors (Lipinski definition) is 4. The van der Waals surface area contributed by atoms with Crippen LogP contribution >= 0.6 is 15.9 Å². The summed E-state index contributed by atoms with van der Waals surface area (Å²) in [4.78, 5) is 26.7. The Labute approximate surface area is 161 Å². The van der Waals surface area contributed by atoms with Crippen LogP contribution in [-0.2, 0) is 9.53 Å². The van der Waals surface area contributed by atoms with Crippen molar-refractivity contribution in [1.29, 1.82) is 0 Å². The smallest absolute Gasteiger partial charge is 0.310 e. The van der Waals surface area contributed by atoms with Crippen molar-refractivity contribution in [3.05, 3.63) is 46.2 Å². The predicted octanol–water partition coefficient (Wildman–Crippen LogP) is 3.36. The van der Waals surface area contributed by atoms with E-state index in [1.165, 1.54) is 0 Å². The number of rotatable bonds is 4. The Morgan fingerprint density at radius 3 is 2.73 bits per heavy atom. The molecular weight excluding hydrogens is 398 g/mol. The summed E-state index contributed by atoms with van der Waals surface area (Å²) in [5.74, 6) is -0.540. The molecule has 0 N–H and O–H groups in total. The third-order valence-corrected chi connectivity index (χ3v) is 5.17. The van der Waals surface area contributed by atoms with Crippen LogP contribution in [0.1, 0.15) is 35.8 Å². The Morgan fingerprint density at radius 1 is 1.31 bits per heavy atom. The molecule has 1 aromatic heterocycles. The first-order valence-electron chi connectivity index (χ1n) is 8.77. The van der Waals surface area contributed by atoms with Gasteiger partial charge in [-0.2, -0.15) is 5.10 Å². The Morgan fingerprint density at radius 2 is 2.04 bits per heavy atom. The van der Waals surface area contributed by atoms with Crippen LogP contribution < -0.4 is 0 Å². The maximum absolute atomic E-state index is 13.0. The van der Waals surface area contributed by atoms with E-state index in [9.17, 15) is 9.59 Å². The fraction of sp³-hybridized carbons (Fsp3) is 0.421. The lowest BCUT2D eigenvalue weighted by molar-refractivity contribution is -0.149. The van der Waals surface area contributed by atoms with Crippen molar-refractivity contribution < 1.29 is 14.3 Å². The minimum atomic E-state index is -0.241. The van der Waals surface area contributed by atoms with Gasteiger partial charge in [0.2, 0.25) is 0 Å². The minimum Gasteiger partial charge on any atom is -0.466 e. The molecule has 0 bridgehead atoms. The molecule has 3 rings (SSSR count). The zero-order chi connectivity index (χ0) is 18.7. The van der Waals surface area contributed by atoms with Crippen LogP contribution in [0.5, 0.6) is 0 Å². The Balaban J connectivity index is 1.78. The second-order valence-corrected chi connectivity index (χ2v) is 7.29. The van der Waals surface area contributed by atoms with Crippen molar-refractivity contribution in [2.75, 3.05) is 19.7 Å². The first-order valence-corrected chi connectivity index (χ1v) is 9.57.